The molecule has 0 spiro atoms. The van der Waals surface area contributed by atoms with Crippen LogP contribution in [0.4, 0.5) is 0 Å². The van der Waals surface area contributed by atoms with Gasteiger partial charge < -0.3 is 19.4 Å². The van der Waals surface area contributed by atoms with Crippen LogP contribution in [0.3, 0.4) is 0 Å². The van der Waals surface area contributed by atoms with Crippen molar-refractivity contribution in [2.24, 2.45) is 0 Å². The van der Waals surface area contributed by atoms with Crippen molar-refractivity contribution in [2.45, 2.75) is 6.92 Å². The number of methoxy groups -OCH3 is 1. The van der Waals surface area contributed by atoms with Crippen LogP contribution in [0.1, 0.15) is 17.3 Å². The maximum atomic E-state index is 10.6. The van der Waals surface area contributed by atoms with Gasteiger partial charge in [0.05, 0.1) is 24.7 Å². The van der Waals surface area contributed by atoms with Gasteiger partial charge >= 0.3 is 0 Å². The third kappa shape index (κ3) is 2.53. The van der Waals surface area contributed by atoms with Gasteiger partial charge in [-0.2, -0.15) is 0 Å². The molecule has 0 aliphatic heterocycles. The van der Waals surface area contributed by atoms with E-state index in [1.54, 1.807) is 6.92 Å². The number of benzene rings is 1. The minimum atomic E-state index is -1.31. The van der Waals surface area contributed by atoms with Gasteiger partial charge in [0.25, 0.3) is 0 Å². The van der Waals surface area contributed by atoms with Crippen molar-refractivity contribution in [1.29, 1.82) is 0 Å². The molecule has 5 heteroatoms. The fourth-order valence-corrected chi connectivity index (χ4v) is 1.39. The van der Waals surface area contributed by atoms with Crippen LogP contribution < -0.4 is 14.6 Å². The fourth-order valence-electron chi connectivity index (χ4n) is 1.12. The molecule has 15 heavy (non-hydrogen) atoms. The van der Waals surface area contributed by atoms with Crippen molar-refractivity contribution in [2.75, 3.05) is 13.7 Å². The lowest BCUT2D eigenvalue weighted by Crippen LogP contribution is -2.22. The second-order valence-electron chi connectivity index (χ2n) is 2.71. The standard InChI is InChI=1S/C10H11ClO4/c1-3-15-9-7(11)4-6(10(12)13)5-8(9)14-2/h4-5H,3H2,1-2H3,(H,12,13)/p-1. The van der Waals surface area contributed by atoms with Gasteiger partial charge in [-0.05, 0) is 19.1 Å². The van der Waals surface area contributed by atoms with Crippen molar-refractivity contribution < 1.29 is 19.4 Å². The second-order valence-corrected chi connectivity index (χ2v) is 3.12. The van der Waals surface area contributed by atoms with E-state index in [2.05, 4.69) is 0 Å². The Kier molecular flexibility index (Phi) is 3.80. The molecule has 4 nitrogen and oxygen atoms in total. The Morgan fingerprint density at radius 1 is 1.53 bits per heavy atom. The summed E-state index contributed by atoms with van der Waals surface area (Å²) in [6, 6.07) is 2.58. The van der Waals surface area contributed by atoms with Gasteiger partial charge in [-0.25, -0.2) is 0 Å². The number of hydrogen-bond donors (Lipinski definition) is 0. The van der Waals surface area contributed by atoms with E-state index >= 15 is 0 Å². The molecule has 0 radical (unpaired) electrons. The Balaban J connectivity index is 3.24. The molecule has 0 bridgehead atoms. The van der Waals surface area contributed by atoms with E-state index in [4.69, 9.17) is 21.1 Å². The first-order valence-corrected chi connectivity index (χ1v) is 4.69. The number of ether oxygens (including phenoxy) is 2. The SMILES string of the molecule is CCOc1c(Cl)cc(C(=O)[O-])cc1OC. The Morgan fingerprint density at radius 3 is 2.67 bits per heavy atom. The number of carbonyl (C=O) groups is 1. The van der Waals surface area contributed by atoms with Gasteiger partial charge in [0.1, 0.15) is 0 Å². The van der Waals surface area contributed by atoms with E-state index in [-0.39, 0.29) is 16.3 Å². The van der Waals surface area contributed by atoms with Gasteiger partial charge in [0.2, 0.25) is 0 Å². The number of aromatic carboxylic acids is 1. The Hall–Kier alpha value is -1.42. The summed E-state index contributed by atoms with van der Waals surface area (Å²) < 4.78 is 10.2. The zero-order valence-electron chi connectivity index (χ0n) is 8.37. The Labute approximate surface area is 92.4 Å². The van der Waals surface area contributed by atoms with E-state index < -0.39 is 5.97 Å². The number of carboxylic acid groups (broad SMARTS) is 1. The number of carbonyl (C=O) groups excluding carboxylic acids is 1. The number of halogens is 1. The maximum Gasteiger partial charge on any atom is 0.179 e. The quantitative estimate of drug-likeness (QED) is 0.776. The van der Waals surface area contributed by atoms with Crippen LogP contribution in [-0.4, -0.2) is 19.7 Å². The van der Waals surface area contributed by atoms with Crippen LogP contribution in [0.15, 0.2) is 12.1 Å². The molecular weight excluding hydrogens is 220 g/mol. The summed E-state index contributed by atoms with van der Waals surface area (Å²) in [5.74, 6) is -0.687. The van der Waals surface area contributed by atoms with Crippen molar-refractivity contribution in [3.63, 3.8) is 0 Å². The first-order valence-electron chi connectivity index (χ1n) is 4.31. The van der Waals surface area contributed by atoms with Crippen LogP contribution >= 0.6 is 11.6 Å². The smallest absolute Gasteiger partial charge is 0.179 e. The van der Waals surface area contributed by atoms with Crippen LogP contribution in [0.5, 0.6) is 11.5 Å². The van der Waals surface area contributed by atoms with Crippen LogP contribution in [0, 0.1) is 0 Å². The van der Waals surface area contributed by atoms with Gasteiger partial charge in [-0.3, -0.25) is 0 Å². The Morgan fingerprint density at radius 2 is 2.20 bits per heavy atom. The maximum absolute atomic E-state index is 10.6. The molecule has 0 aromatic heterocycles. The number of hydrogen-bond acceptors (Lipinski definition) is 4. The van der Waals surface area contributed by atoms with E-state index in [0.29, 0.717) is 12.4 Å². The third-order valence-corrected chi connectivity index (χ3v) is 2.03. The summed E-state index contributed by atoms with van der Waals surface area (Å²) in [4.78, 5) is 10.6. The zero-order valence-corrected chi connectivity index (χ0v) is 9.13. The third-order valence-electron chi connectivity index (χ3n) is 1.75. The molecule has 0 fully saturated rings. The molecule has 1 rings (SSSR count). The molecule has 0 heterocycles. The average Bonchev–Trinajstić information content (AvgIpc) is 2.20. The Bertz CT molecular complexity index is 376. The normalized spacial score (nSPS) is 9.80. The van der Waals surface area contributed by atoms with Crippen LogP contribution in [-0.2, 0) is 0 Å². The summed E-state index contributed by atoms with van der Waals surface area (Å²) >= 11 is 5.84. The average molecular weight is 230 g/mol. The van der Waals surface area contributed by atoms with Crippen molar-refractivity contribution >= 4 is 17.6 Å². The molecule has 0 saturated carbocycles. The zero-order chi connectivity index (χ0) is 11.4. The van der Waals surface area contributed by atoms with Gasteiger partial charge in [0.15, 0.2) is 11.5 Å². The molecule has 0 atom stereocenters. The molecule has 0 N–H and O–H groups in total. The molecular formula is C10H10ClO4-. The topological polar surface area (TPSA) is 58.6 Å². The summed E-state index contributed by atoms with van der Waals surface area (Å²) in [6.45, 7) is 2.21. The molecule has 82 valence electrons. The molecule has 0 aliphatic carbocycles. The molecule has 0 saturated heterocycles. The lowest BCUT2D eigenvalue weighted by atomic mass is 10.2. The largest absolute Gasteiger partial charge is 0.545 e. The van der Waals surface area contributed by atoms with E-state index in [0.717, 1.165) is 0 Å². The van der Waals surface area contributed by atoms with Crippen LogP contribution in [0.25, 0.3) is 0 Å². The monoisotopic (exact) mass is 229 g/mol. The van der Waals surface area contributed by atoms with Crippen molar-refractivity contribution in [3.05, 3.63) is 22.7 Å². The van der Waals surface area contributed by atoms with Gasteiger partial charge in [0, 0.05) is 5.56 Å². The number of rotatable bonds is 4. The predicted molar refractivity (Wildman–Crippen MR) is 53.5 cm³/mol. The fraction of sp³-hybridized carbons (Fsp3) is 0.300. The lowest BCUT2D eigenvalue weighted by Gasteiger charge is -2.13. The highest BCUT2D eigenvalue weighted by atomic mass is 35.5. The van der Waals surface area contributed by atoms with E-state index in [9.17, 15) is 9.90 Å². The van der Waals surface area contributed by atoms with Crippen molar-refractivity contribution in [1.82, 2.24) is 0 Å². The molecule has 1 aromatic rings. The highest BCUT2D eigenvalue weighted by molar-refractivity contribution is 6.32. The van der Waals surface area contributed by atoms with E-state index in [1.165, 1.54) is 19.2 Å². The summed E-state index contributed by atoms with van der Waals surface area (Å²) in [5.41, 5.74) is -0.0414. The summed E-state index contributed by atoms with van der Waals surface area (Å²) in [6.07, 6.45) is 0. The first kappa shape index (κ1) is 11.7. The highest BCUT2D eigenvalue weighted by Gasteiger charge is 2.11. The van der Waals surface area contributed by atoms with Gasteiger partial charge in [-0.1, -0.05) is 11.6 Å². The predicted octanol–water partition coefficient (Wildman–Crippen LogP) is 1.11. The van der Waals surface area contributed by atoms with Crippen molar-refractivity contribution in [3.8, 4) is 11.5 Å². The summed E-state index contributed by atoms with van der Waals surface area (Å²) in [7, 11) is 1.41. The molecule has 0 unspecified atom stereocenters. The van der Waals surface area contributed by atoms with Crippen LogP contribution in [0.2, 0.25) is 5.02 Å². The lowest BCUT2D eigenvalue weighted by molar-refractivity contribution is -0.255. The minimum absolute atomic E-state index is 0.0414. The second kappa shape index (κ2) is 4.89. The number of carboxylic acids is 1. The molecule has 0 amide bonds. The van der Waals surface area contributed by atoms with Gasteiger partial charge in [-0.15, -0.1) is 0 Å². The minimum Gasteiger partial charge on any atom is -0.545 e. The molecule has 0 aliphatic rings. The first-order chi connectivity index (χ1) is 7.10. The summed E-state index contributed by atoms with van der Waals surface area (Å²) in [5, 5.41) is 10.8. The highest BCUT2D eigenvalue weighted by Crippen LogP contribution is 2.36. The van der Waals surface area contributed by atoms with E-state index in [1.807, 2.05) is 0 Å². The molecule has 1 aromatic carbocycles.